The molecule has 114 valence electrons. The fourth-order valence-corrected chi connectivity index (χ4v) is 1.84. The van der Waals surface area contributed by atoms with Gasteiger partial charge in [0.2, 0.25) is 5.91 Å². The van der Waals surface area contributed by atoms with Crippen molar-refractivity contribution in [3.05, 3.63) is 35.4 Å². The summed E-state index contributed by atoms with van der Waals surface area (Å²) >= 11 is 0. The topological polar surface area (TPSA) is 72.5 Å². The van der Waals surface area contributed by atoms with Crippen LogP contribution in [-0.4, -0.2) is 30.8 Å². The van der Waals surface area contributed by atoms with Gasteiger partial charge in [-0.3, -0.25) is 14.4 Å². The lowest BCUT2D eigenvalue weighted by Crippen LogP contribution is -2.34. The summed E-state index contributed by atoms with van der Waals surface area (Å²) in [6.45, 7) is 3.67. The van der Waals surface area contributed by atoms with Crippen molar-refractivity contribution >= 4 is 17.7 Å². The normalized spacial score (nSPS) is 11.6. The van der Waals surface area contributed by atoms with Gasteiger partial charge in [0.25, 0.3) is 0 Å². The van der Waals surface area contributed by atoms with Crippen molar-refractivity contribution < 1.29 is 19.1 Å². The summed E-state index contributed by atoms with van der Waals surface area (Å²) < 4.78 is 4.52. The highest BCUT2D eigenvalue weighted by atomic mass is 16.5. The van der Waals surface area contributed by atoms with Crippen LogP contribution in [0.1, 0.15) is 42.1 Å². The van der Waals surface area contributed by atoms with Crippen molar-refractivity contribution in [3.8, 4) is 0 Å². The first-order valence-electron chi connectivity index (χ1n) is 6.88. The molecule has 1 amide bonds. The van der Waals surface area contributed by atoms with Crippen LogP contribution in [0.15, 0.2) is 24.3 Å². The Morgan fingerprint density at radius 3 is 2.33 bits per heavy atom. The molecule has 5 nitrogen and oxygen atoms in total. The first-order valence-corrected chi connectivity index (χ1v) is 6.88. The zero-order chi connectivity index (χ0) is 15.8. The maximum Gasteiger partial charge on any atom is 0.307 e. The van der Waals surface area contributed by atoms with Gasteiger partial charge in [-0.05, 0) is 13.8 Å². The minimum Gasteiger partial charge on any atom is -0.469 e. The van der Waals surface area contributed by atoms with Crippen LogP contribution in [0.25, 0.3) is 0 Å². The van der Waals surface area contributed by atoms with E-state index in [0.717, 1.165) is 5.56 Å². The SMILES string of the molecule is COC(=O)C[C@H](C)NC(=O)CCC(=O)c1ccc(C)cc1. The van der Waals surface area contributed by atoms with Crippen LogP contribution in [0.3, 0.4) is 0 Å². The van der Waals surface area contributed by atoms with Crippen LogP contribution >= 0.6 is 0 Å². The van der Waals surface area contributed by atoms with Crippen molar-refractivity contribution in [2.75, 3.05) is 7.11 Å². The van der Waals surface area contributed by atoms with Gasteiger partial charge in [0, 0.05) is 24.4 Å². The molecule has 1 atom stereocenters. The Morgan fingerprint density at radius 2 is 1.76 bits per heavy atom. The van der Waals surface area contributed by atoms with Crippen LogP contribution in [0.2, 0.25) is 0 Å². The highest BCUT2D eigenvalue weighted by Gasteiger charge is 2.13. The number of carbonyl (C=O) groups is 3. The molecule has 0 aliphatic heterocycles. The number of carbonyl (C=O) groups excluding carboxylic acids is 3. The number of Topliss-reactive ketones (excluding diaryl/α,β-unsaturated/α-hetero) is 1. The number of hydrogen-bond acceptors (Lipinski definition) is 4. The number of aryl methyl sites for hydroxylation is 1. The summed E-state index contributed by atoms with van der Waals surface area (Å²) in [5.74, 6) is -0.684. The Balaban J connectivity index is 2.37. The number of rotatable bonds is 7. The van der Waals surface area contributed by atoms with Gasteiger partial charge < -0.3 is 10.1 Å². The van der Waals surface area contributed by atoms with E-state index in [0.29, 0.717) is 5.56 Å². The Labute approximate surface area is 124 Å². The van der Waals surface area contributed by atoms with Crippen molar-refractivity contribution in [1.29, 1.82) is 0 Å². The van der Waals surface area contributed by atoms with E-state index >= 15 is 0 Å². The molecule has 0 aliphatic carbocycles. The predicted molar refractivity (Wildman–Crippen MR) is 79.0 cm³/mol. The van der Waals surface area contributed by atoms with Gasteiger partial charge in [-0.15, -0.1) is 0 Å². The van der Waals surface area contributed by atoms with Gasteiger partial charge in [0.15, 0.2) is 5.78 Å². The molecule has 1 rings (SSSR count). The predicted octanol–water partition coefficient (Wildman–Crippen LogP) is 2.03. The third-order valence-electron chi connectivity index (χ3n) is 3.06. The van der Waals surface area contributed by atoms with Crippen molar-refractivity contribution in [2.24, 2.45) is 0 Å². The van der Waals surface area contributed by atoms with Gasteiger partial charge >= 0.3 is 5.97 Å². The summed E-state index contributed by atoms with van der Waals surface area (Å²) in [4.78, 5) is 34.7. The van der Waals surface area contributed by atoms with E-state index in [9.17, 15) is 14.4 Å². The molecule has 0 saturated heterocycles. The highest BCUT2D eigenvalue weighted by molar-refractivity contribution is 5.98. The molecular formula is C16H21NO4. The third kappa shape index (κ3) is 6.21. The number of hydrogen-bond donors (Lipinski definition) is 1. The second kappa shape index (κ2) is 8.19. The van der Waals surface area contributed by atoms with Crippen LogP contribution in [0, 0.1) is 6.92 Å². The molecule has 0 unspecified atom stereocenters. The second-order valence-corrected chi connectivity index (χ2v) is 5.04. The monoisotopic (exact) mass is 291 g/mol. The number of nitrogens with one attached hydrogen (secondary N) is 1. The van der Waals surface area contributed by atoms with E-state index in [1.165, 1.54) is 7.11 Å². The minimum atomic E-state index is -0.376. The van der Waals surface area contributed by atoms with E-state index in [2.05, 4.69) is 10.1 Å². The fraction of sp³-hybridized carbons (Fsp3) is 0.438. The van der Waals surface area contributed by atoms with Crippen LogP contribution in [-0.2, 0) is 14.3 Å². The second-order valence-electron chi connectivity index (χ2n) is 5.04. The molecule has 0 bridgehead atoms. The van der Waals surface area contributed by atoms with Crippen LogP contribution < -0.4 is 5.32 Å². The molecule has 1 aromatic rings. The number of ketones is 1. The first-order chi connectivity index (χ1) is 9.92. The zero-order valence-electron chi connectivity index (χ0n) is 12.6. The van der Waals surface area contributed by atoms with Gasteiger partial charge in [0.1, 0.15) is 0 Å². The molecule has 0 spiro atoms. The maximum atomic E-state index is 11.9. The van der Waals surface area contributed by atoms with Crippen molar-refractivity contribution in [2.45, 2.75) is 39.2 Å². The molecule has 1 N–H and O–H groups in total. The molecule has 0 saturated carbocycles. The van der Waals surface area contributed by atoms with Crippen molar-refractivity contribution in [1.82, 2.24) is 5.32 Å². The average molecular weight is 291 g/mol. The van der Waals surface area contributed by atoms with Gasteiger partial charge in [-0.1, -0.05) is 29.8 Å². The zero-order valence-corrected chi connectivity index (χ0v) is 12.6. The fourth-order valence-electron chi connectivity index (χ4n) is 1.84. The average Bonchev–Trinajstić information content (AvgIpc) is 2.45. The van der Waals surface area contributed by atoms with Gasteiger partial charge in [-0.2, -0.15) is 0 Å². The Bertz CT molecular complexity index is 508. The minimum absolute atomic E-state index is 0.0641. The number of esters is 1. The largest absolute Gasteiger partial charge is 0.469 e. The van der Waals surface area contributed by atoms with Crippen LogP contribution in [0.4, 0.5) is 0 Å². The quantitative estimate of drug-likeness (QED) is 0.616. The van der Waals surface area contributed by atoms with Gasteiger partial charge in [-0.25, -0.2) is 0 Å². The Hall–Kier alpha value is -2.17. The van der Waals surface area contributed by atoms with Gasteiger partial charge in [0.05, 0.1) is 13.5 Å². The summed E-state index contributed by atoms with van der Waals surface area (Å²) in [7, 11) is 1.30. The van der Waals surface area contributed by atoms with E-state index in [4.69, 9.17) is 0 Å². The van der Waals surface area contributed by atoms with E-state index in [1.54, 1.807) is 19.1 Å². The Morgan fingerprint density at radius 1 is 1.14 bits per heavy atom. The summed E-state index contributed by atoms with van der Waals surface area (Å²) in [5.41, 5.74) is 1.69. The first kappa shape index (κ1) is 16.9. The molecule has 0 heterocycles. The number of methoxy groups -OCH3 is 1. The summed E-state index contributed by atoms with van der Waals surface area (Å²) in [6, 6.07) is 6.95. The standard InChI is InChI=1S/C16H21NO4/c1-11-4-6-13(7-5-11)14(18)8-9-15(19)17-12(2)10-16(20)21-3/h4-7,12H,8-10H2,1-3H3,(H,17,19)/t12-/m0/s1. The van der Waals surface area contributed by atoms with E-state index in [1.807, 2.05) is 19.1 Å². The molecular weight excluding hydrogens is 270 g/mol. The molecule has 0 aliphatic rings. The number of benzene rings is 1. The summed E-state index contributed by atoms with van der Waals surface area (Å²) in [5, 5.41) is 2.67. The van der Waals surface area contributed by atoms with Crippen LogP contribution in [0.5, 0.6) is 0 Å². The lowest BCUT2D eigenvalue weighted by atomic mass is 10.0. The van der Waals surface area contributed by atoms with E-state index in [-0.39, 0.29) is 43.0 Å². The summed E-state index contributed by atoms with van der Waals surface area (Å²) in [6.07, 6.45) is 0.381. The highest BCUT2D eigenvalue weighted by Crippen LogP contribution is 2.07. The Kier molecular flexibility index (Phi) is 6.59. The molecule has 1 aromatic carbocycles. The van der Waals surface area contributed by atoms with E-state index < -0.39 is 0 Å². The molecule has 5 heteroatoms. The smallest absolute Gasteiger partial charge is 0.307 e. The van der Waals surface area contributed by atoms with Crippen molar-refractivity contribution in [3.63, 3.8) is 0 Å². The molecule has 21 heavy (non-hydrogen) atoms. The maximum absolute atomic E-state index is 11.9. The molecule has 0 fully saturated rings. The molecule has 0 aromatic heterocycles. The third-order valence-corrected chi connectivity index (χ3v) is 3.06. The lowest BCUT2D eigenvalue weighted by molar-refractivity contribution is -0.141. The lowest BCUT2D eigenvalue weighted by Gasteiger charge is -2.12. The molecule has 0 radical (unpaired) electrons. The number of amides is 1. The number of ether oxygens (including phenoxy) is 1.